The van der Waals surface area contributed by atoms with Gasteiger partial charge in [0.25, 0.3) is 11.8 Å². The van der Waals surface area contributed by atoms with E-state index in [1.807, 2.05) is 55.5 Å². The van der Waals surface area contributed by atoms with E-state index in [-0.39, 0.29) is 11.8 Å². The molecular weight excluding hydrogens is 522 g/mol. The standard InChI is InChI=1S/C31H31N5O5/c1-18-10-8-11-20(16-18)34-30(37)22-17-32-36-27(21-12-9-15-25(40-4)28(21)41-5)26(19(2)33-29(22)36)31(38)35-23-13-6-7-14-24(23)39-3/h6-17,27,33H,1-5H3,(H,34,37)(H,35,38)/t27-/m0/s1. The summed E-state index contributed by atoms with van der Waals surface area (Å²) in [5.41, 5.74) is 4.08. The summed E-state index contributed by atoms with van der Waals surface area (Å²) < 4.78 is 18.4. The van der Waals surface area contributed by atoms with Crippen molar-refractivity contribution in [3.8, 4) is 17.2 Å². The number of hydrogen-bond donors (Lipinski definition) is 3. The van der Waals surface area contributed by atoms with Crippen molar-refractivity contribution in [1.29, 1.82) is 0 Å². The van der Waals surface area contributed by atoms with E-state index >= 15 is 0 Å². The lowest BCUT2D eigenvalue weighted by Crippen LogP contribution is -2.32. The van der Waals surface area contributed by atoms with Crippen molar-refractivity contribution in [3.63, 3.8) is 0 Å². The zero-order valence-electron chi connectivity index (χ0n) is 23.4. The Labute approximate surface area is 237 Å². The van der Waals surface area contributed by atoms with Crippen LogP contribution in [0.3, 0.4) is 0 Å². The molecule has 2 amide bonds. The third kappa shape index (κ3) is 5.19. The minimum Gasteiger partial charge on any atom is -0.495 e. The number of aryl methyl sites for hydroxylation is 1. The fourth-order valence-electron chi connectivity index (χ4n) is 4.99. The van der Waals surface area contributed by atoms with Crippen molar-refractivity contribution in [2.75, 3.05) is 37.3 Å². The van der Waals surface area contributed by atoms with E-state index in [2.05, 4.69) is 21.0 Å². The Bertz CT molecular complexity index is 1660. The number of methoxy groups -OCH3 is 3. The van der Waals surface area contributed by atoms with Crippen molar-refractivity contribution < 1.29 is 23.8 Å². The number of amides is 2. The lowest BCUT2D eigenvalue weighted by molar-refractivity contribution is -0.113. The van der Waals surface area contributed by atoms with Gasteiger partial charge in [-0.05, 0) is 49.7 Å². The molecule has 41 heavy (non-hydrogen) atoms. The second kappa shape index (κ2) is 11.5. The van der Waals surface area contributed by atoms with Crippen LogP contribution in [0.15, 0.2) is 84.2 Å². The Morgan fingerprint density at radius 3 is 2.32 bits per heavy atom. The molecule has 0 spiro atoms. The molecule has 10 nitrogen and oxygen atoms in total. The molecule has 1 aliphatic heterocycles. The van der Waals surface area contributed by atoms with Crippen LogP contribution in [0.25, 0.3) is 0 Å². The van der Waals surface area contributed by atoms with Crippen LogP contribution in [0.1, 0.15) is 34.5 Å². The van der Waals surface area contributed by atoms with E-state index in [1.165, 1.54) is 13.3 Å². The molecule has 2 heterocycles. The first kappa shape index (κ1) is 27.3. The van der Waals surface area contributed by atoms with Gasteiger partial charge in [-0.15, -0.1) is 0 Å². The number of fused-ring (bicyclic) bond motifs is 1. The molecule has 0 saturated heterocycles. The second-order valence-electron chi connectivity index (χ2n) is 9.48. The topological polar surface area (TPSA) is 116 Å². The average Bonchev–Trinajstić information content (AvgIpc) is 3.39. The van der Waals surface area contributed by atoms with Crippen molar-refractivity contribution in [2.45, 2.75) is 19.9 Å². The molecule has 0 bridgehead atoms. The monoisotopic (exact) mass is 553 g/mol. The number of carbonyl (C=O) groups excluding carboxylic acids is 2. The number of carbonyl (C=O) groups is 2. The van der Waals surface area contributed by atoms with E-state index in [0.717, 1.165) is 5.56 Å². The van der Waals surface area contributed by atoms with E-state index in [1.54, 1.807) is 44.0 Å². The molecule has 1 aromatic heterocycles. The summed E-state index contributed by atoms with van der Waals surface area (Å²) in [6.45, 7) is 3.74. The van der Waals surface area contributed by atoms with Crippen LogP contribution in [0.5, 0.6) is 17.2 Å². The third-order valence-corrected chi connectivity index (χ3v) is 6.87. The van der Waals surface area contributed by atoms with Gasteiger partial charge in [-0.25, -0.2) is 4.68 Å². The molecular formula is C31H31N5O5. The summed E-state index contributed by atoms with van der Waals surface area (Å²) in [5.74, 6) is 1.20. The number of nitrogens with one attached hydrogen (secondary N) is 3. The maximum Gasteiger partial charge on any atom is 0.261 e. The van der Waals surface area contributed by atoms with Crippen LogP contribution in [-0.4, -0.2) is 42.9 Å². The Morgan fingerprint density at radius 2 is 1.59 bits per heavy atom. The van der Waals surface area contributed by atoms with E-state index in [0.29, 0.717) is 56.8 Å². The third-order valence-electron chi connectivity index (χ3n) is 6.87. The first-order valence-electron chi connectivity index (χ1n) is 12.9. The molecule has 1 atom stereocenters. The van der Waals surface area contributed by atoms with Crippen LogP contribution in [-0.2, 0) is 4.79 Å². The molecule has 0 saturated carbocycles. The van der Waals surface area contributed by atoms with Crippen molar-refractivity contribution in [3.05, 3.63) is 101 Å². The Balaban J connectivity index is 1.61. The average molecular weight is 554 g/mol. The summed E-state index contributed by atoms with van der Waals surface area (Å²) >= 11 is 0. The first-order chi connectivity index (χ1) is 19.9. The maximum absolute atomic E-state index is 14.0. The Kier molecular flexibility index (Phi) is 7.64. The number of nitrogens with zero attached hydrogens (tertiary/aromatic N) is 2. The normalized spacial score (nSPS) is 14.0. The minimum absolute atomic E-state index is 0.321. The van der Waals surface area contributed by atoms with Crippen LogP contribution in [0.2, 0.25) is 0 Å². The number of ether oxygens (including phenoxy) is 3. The highest BCUT2D eigenvalue weighted by Gasteiger charge is 2.37. The zero-order chi connectivity index (χ0) is 29.1. The fourth-order valence-corrected chi connectivity index (χ4v) is 4.99. The molecule has 0 unspecified atom stereocenters. The SMILES string of the molecule is COc1ccccc1NC(=O)C1=C(C)Nc2c(C(=O)Nc3cccc(C)c3)cnn2[C@H]1c1cccc(OC)c1OC. The molecule has 1 aliphatic rings. The van der Waals surface area contributed by atoms with Gasteiger partial charge in [0.2, 0.25) is 0 Å². The predicted octanol–water partition coefficient (Wildman–Crippen LogP) is 5.40. The molecule has 3 N–H and O–H groups in total. The number of para-hydroxylation sites is 3. The highest BCUT2D eigenvalue weighted by atomic mass is 16.5. The molecule has 210 valence electrons. The van der Waals surface area contributed by atoms with Gasteiger partial charge in [0.05, 0.1) is 38.8 Å². The van der Waals surface area contributed by atoms with E-state index < -0.39 is 6.04 Å². The molecule has 0 radical (unpaired) electrons. The highest BCUT2D eigenvalue weighted by Crippen LogP contribution is 2.44. The van der Waals surface area contributed by atoms with Crippen LogP contribution >= 0.6 is 0 Å². The van der Waals surface area contributed by atoms with Gasteiger partial charge in [-0.1, -0.05) is 36.4 Å². The van der Waals surface area contributed by atoms with Crippen molar-refractivity contribution in [1.82, 2.24) is 9.78 Å². The van der Waals surface area contributed by atoms with Gasteiger partial charge in [-0.3, -0.25) is 9.59 Å². The van der Waals surface area contributed by atoms with Gasteiger partial charge in [-0.2, -0.15) is 5.10 Å². The molecule has 10 heteroatoms. The summed E-state index contributed by atoms with van der Waals surface area (Å²) in [5, 5.41) is 13.8. The van der Waals surface area contributed by atoms with Crippen molar-refractivity contribution in [2.24, 2.45) is 0 Å². The summed E-state index contributed by atoms with van der Waals surface area (Å²) in [6.07, 6.45) is 1.49. The lowest BCUT2D eigenvalue weighted by atomic mass is 9.93. The zero-order valence-corrected chi connectivity index (χ0v) is 23.4. The number of rotatable bonds is 8. The highest BCUT2D eigenvalue weighted by molar-refractivity contribution is 6.10. The van der Waals surface area contributed by atoms with E-state index in [4.69, 9.17) is 14.2 Å². The molecule has 5 rings (SSSR count). The Hall–Kier alpha value is -5.25. The number of aromatic nitrogens is 2. The number of anilines is 3. The van der Waals surface area contributed by atoms with Gasteiger partial charge in [0.15, 0.2) is 11.5 Å². The van der Waals surface area contributed by atoms with Crippen LogP contribution < -0.4 is 30.2 Å². The number of allylic oxidation sites excluding steroid dienone is 1. The molecule has 0 aliphatic carbocycles. The molecule has 0 fully saturated rings. The first-order valence-corrected chi connectivity index (χ1v) is 12.9. The lowest BCUT2D eigenvalue weighted by Gasteiger charge is -2.31. The maximum atomic E-state index is 14.0. The predicted molar refractivity (Wildman–Crippen MR) is 157 cm³/mol. The van der Waals surface area contributed by atoms with Gasteiger partial charge in [0.1, 0.15) is 23.2 Å². The van der Waals surface area contributed by atoms with Crippen LogP contribution in [0.4, 0.5) is 17.2 Å². The largest absolute Gasteiger partial charge is 0.495 e. The van der Waals surface area contributed by atoms with Gasteiger partial charge >= 0.3 is 0 Å². The van der Waals surface area contributed by atoms with Crippen molar-refractivity contribution >= 4 is 29.0 Å². The van der Waals surface area contributed by atoms with Gasteiger partial charge < -0.3 is 30.2 Å². The smallest absolute Gasteiger partial charge is 0.261 e. The number of benzene rings is 3. The summed E-state index contributed by atoms with van der Waals surface area (Å²) in [6, 6.07) is 19.4. The second-order valence-corrected chi connectivity index (χ2v) is 9.48. The van der Waals surface area contributed by atoms with E-state index in [9.17, 15) is 9.59 Å². The minimum atomic E-state index is -0.758. The Morgan fingerprint density at radius 1 is 0.854 bits per heavy atom. The summed E-state index contributed by atoms with van der Waals surface area (Å²) in [4.78, 5) is 27.4. The van der Waals surface area contributed by atoms with Gasteiger partial charge in [0, 0.05) is 16.9 Å². The summed E-state index contributed by atoms with van der Waals surface area (Å²) in [7, 11) is 4.63. The molecule has 3 aromatic carbocycles. The van der Waals surface area contributed by atoms with Crippen LogP contribution in [0, 0.1) is 6.92 Å². The quantitative estimate of drug-likeness (QED) is 0.268. The number of hydrogen-bond acceptors (Lipinski definition) is 7. The fraction of sp³-hybridized carbons (Fsp3) is 0.194. The molecule has 4 aromatic rings.